The first-order valence-electron chi connectivity index (χ1n) is 5.86. The summed E-state index contributed by atoms with van der Waals surface area (Å²) in [5, 5.41) is 3.04. The van der Waals surface area contributed by atoms with E-state index in [4.69, 9.17) is 4.74 Å². The van der Waals surface area contributed by atoms with E-state index in [1.54, 1.807) is 0 Å². The summed E-state index contributed by atoms with van der Waals surface area (Å²) in [7, 11) is 1.88. The number of hydrogen-bond donors (Lipinski definition) is 1. The number of anilines is 2. The normalized spacial score (nSPS) is 15.1. The smallest absolute Gasteiger partial charge is 0.127 e. The summed E-state index contributed by atoms with van der Waals surface area (Å²) in [6.07, 6.45) is 1.83. The number of morpholine rings is 1. The van der Waals surface area contributed by atoms with Gasteiger partial charge in [0.2, 0.25) is 0 Å². The van der Waals surface area contributed by atoms with Crippen LogP contribution >= 0.6 is 0 Å². The molecule has 2 heterocycles. The maximum atomic E-state index is 5.30. The molecule has 1 aromatic heterocycles. The second kappa shape index (κ2) is 7.06. The molecule has 0 spiro atoms. The highest BCUT2D eigenvalue weighted by atomic mass is 16.5. The fourth-order valence-electron chi connectivity index (χ4n) is 1.57. The van der Waals surface area contributed by atoms with Crippen molar-refractivity contribution >= 4 is 11.5 Å². The van der Waals surface area contributed by atoms with Gasteiger partial charge in [0, 0.05) is 38.1 Å². The first-order valence-corrected chi connectivity index (χ1v) is 5.86. The quantitative estimate of drug-likeness (QED) is 0.832. The molecule has 4 nitrogen and oxygen atoms in total. The molecule has 1 saturated heterocycles. The molecule has 1 aromatic rings. The van der Waals surface area contributed by atoms with Gasteiger partial charge in [0.05, 0.1) is 13.2 Å². The van der Waals surface area contributed by atoms with Crippen LogP contribution < -0.4 is 10.2 Å². The molecule has 0 radical (unpaired) electrons. The van der Waals surface area contributed by atoms with Crippen molar-refractivity contribution in [2.75, 3.05) is 43.6 Å². The zero-order valence-electron chi connectivity index (χ0n) is 10.4. The monoisotopic (exact) mass is 223 g/mol. The van der Waals surface area contributed by atoms with E-state index in [2.05, 4.69) is 21.3 Å². The highest BCUT2D eigenvalue weighted by Crippen LogP contribution is 2.17. The number of aromatic nitrogens is 1. The van der Waals surface area contributed by atoms with Crippen LogP contribution in [0.1, 0.15) is 13.8 Å². The number of rotatable bonds is 2. The standard InChI is InChI=1S/C10H15N3O.C2H6/c1-11-10-8-9(2-3-12-10)13-4-6-14-7-5-13;1-2/h2-3,8H,4-7H2,1H3,(H,11,12);1-2H3. The van der Waals surface area contributed by atoms with Gasteiger partial charge in [-0.2, -0.15) is 0 Å². The predicted octanol–water partition coefficient (Wildman–Crippen LogP) is 1.99. The summed E-state index contributed by atoms with van der Waals surface area (Å²) in [6.45, 7) is 7.56. The van der Waals surface area contributed by atoms with Crippen LogP contribution in [-0.2, 0) is 4.74 Å². The summed E-state index contributed by atoms with van der Waals surface area (Å²) in [6, 6.07) is 4.09. The third kappa shape index (κ3) is 3.38. The number of pyridine rings is 1. The zero-order valence-corrected chi connectivity index (χ0v) is 10.4. The van der Waals surface area contributed by atoms with Crippen molar-refractivity contribution in [3.63, 3.8) is 0 Å². The third-order valence-corrected chi connectivity index (χ3v) is 2.38. The Hall–Kier alpha value is -1.29. The lowest BCUT2D eigenvalue weighted by atomic mass is 10.3. The molecule has 0 aliphatic carbocycles. The van der Waals surface area contributed by atoms with Crippen molar-refractivity contribution in [1.29, 1.82) is 0 Å². The third-order valence-electron chi connectivity index (χ3n) is 2.38. The lowest BCUT2D eigenvalue weighted by molar-refractivity contribution is 0.122. The van der Waals surface area contributed by atoms with Crippen molar-refractivity contribution in [2.24, 2.45) is 0 Å². The maximum absolute atomic E-state index is 5.30. The van der Waals surface area contributed by atoms with Crippen LogP contribution in [0.25, 0.3) is 0 Å². The molecule has 4 heteroatoms. The Morgan fingerprint density at radius 3 is 2.62 bits per heavy atom. The van der Waals surface area contributed by atoms with Crippen LogP contribution in [0.4, 0.5) is 11.5 Å². The van der Waals surface area contributed by atoms with E-state index in [0.717, 1.165) is 32.1 Å². The summed E-state index contributed by atoms with van der Waals surface area (Å²) >= 11 is 0. The van der Waals surface area contributed by atoms with Crippen LogP contribution in [0.2, 0.25) is 0 Å². The van der Waals surface area contributed by atoms with Gasteiger partial charge in [0.1, 0.15) is 5.82 Å². The predicted molar refractivity (Wildman–Crippen MR) is 68.2 cm³/mol. The fourth-order valence-corrected chi connectivity index (χ4v) is 1.57. The second-order valence-electron chi connectivity index (χ2n) is 3.25. The first-order chi connectivity index (χ1) is 7.90. The van der Waals surface area contributed by atoms with E-state index in [-0.39, 0.29) is 0 Å². The molecule has 0 amide bonds. The van der Waals surface area contributed by atoms with Crippen LogP contribution in [0.3, 0.4) is 0 Å². The van der Waals surface area contributed by atoms with Gasteiger partial charge in [-0.3, -0.25) is 0 Å². The molecule has 0 aromatic carbocycles. The number of nitrogens with one attached hydrogen (secondary N) is 1. The minimum atomic E-state index is 0.817. The van der Waals surface area contributed by atoms with E-state index in [1.807, 2.05) is 33.2 Å². The lowest BCUT2D eigenvalue weighted by Gasteiger charge is -2.28. The van der Waals surface area contributed by atoms with Crippen LogP contribution in [-0.4, -0.2) is 38.3 Å². The summed E-state index contributed by atoms with van der Waals surface area (Å²) in [5.41, 5.74) is 1.22. The minimum absolute atomic E-state index is 0.817. The van der Waals surface area contributed by atoms with Crippen LogP contribution in [0, 0.1) is 0 Å². The molecule has 0 saturated carbocycles. The van der Waals surface area contributed by atoms with Crippen molar-refractivity contribution in [3.8, 4) is 0 Å². The molecule has 1 aliphatic rings. The SMILES string of the molecule is CC.CNc1cc(N2CCOCC2)ccn1. The Balaban J connectivity index is 0.000000606. The van der Waals surface area contributed by atoms with E-state index >= 15 is 0 Å². The molecule has 1 N–H and O–H groups in total. The molecule has 16 heavy (non-hydrogen) atoms. The van der Waals surface area contributed by atoms with Gasteiger partial charge in [-0.1, -0.05) is 13.8 Å². The molecule has 1 aliphatic heterocycles. The summed E-state index contributed by atoms with van der Waals surface area (Å²) < 4.78 is 5.30. The van der Waals surface area contributed by atoms with Gasteiger partial charge < -0.3 is 15.0 Å². The fraction of sp³-hybridized carbons (Fsp3) is 0.583. The van der Waals surface area contributed by atoms with E-state index < -0.39 is 0 Å². The maximum Gasteiger partial charge on any atom is 0.127 e. The van der Waals surface area contributed by atoms with Crippen LogP contribution in [0.15, 0.2) is 18.3 Å². The molecule has 0 bridgehead atoms. The van der Waals surface area contributed by atoms with Crippen molar-refractivity contribution < 1.29 is 4.74 Å². The average Bonchev–Trinajstić information content (AvgIpc) is 2.42. The summed E-state index contributed by atoms with van der Waals surface area (Å²) in [5.74, 6) is 0.911. The van der Waals surface area contributed by atoms with Gasteiger partial charge >= 0.3 is 0 Å². The largest absolute Gasteiger partial charge is 0.378 e. The number of nitrogens with zero attached hydrogens (tertiary/aromatic N) is 2. The van der Waals surface area contributed by atoms with E-state index in [9.17, 15) is 0 Å². The average molecular weight is 223 g/mol. The van der Waals surface area contributed by atoms with Gasteiger partial charge in [-0.15, -0.1) is 0 Å². The number of hydrogen-bond acceptors (Lipinski definition) is 4. The molecule has 2 rings (SSSR count). The van der Waals surface area contributed by atoms with Gasteiger partial charge in [0.15, 0.2) is 0 Å². The van der Waals surface area contributed by atoms with E-state index in [0.29, 0.717) is 0 Å². The molecule has 1 fully saturated rings. The molecule has 90 valence electrons. The Kier molecular flexibility index (Phi) is 5.64. The zero-order chi connectivity index (χ0) is 11.8. The minimum Gasteiger partial charge on any atom is -0.378 e. The molecular formula is C12H21N3O. The first kappa shape index (κ1) is 12.8. The lowest BCUT2D eigenvalue weighted by Crippen LogP contribution is -2.36. The molecular weight excluding hydrogens is 202 g/mol. The van der Waals surface area contributed by atoms with Crippen molar-refractivity contribution in [2.45, 2.75) is 13.8 Å². The Bertz CT molecular complexity index is 298. The van der Waals surface area contributed by atoms with Gasteiger partial charge in [0.25, 0.3) is 0 Å². The molecule has 0 unspecified atom stereocenters. The van der Waals surface area contributed by atoms with Crippen LogP contribution in [0.5, 0.6) is 0 Å². The number of ether oxygens (including phenoxy) is 1. The van der Waals surface area contributed by atoms with E-state index in [1.165, 1.54) is 5.69 Å². The topological polar surface area (TPSA) is 37.4 Å². The highest BCUT2D eigenvalue weighted by Gasteiger charge is 2.11. The Labute approximate surface area is 97.6 Å². The van der Waals surface area contributed by atoms with Crippen molar-refractivity contribution in [3.05, 3.63) is 18.3 Å². The molecule has 0 atom stereocenters. The van der Waals surface area contributed by atoms with Gasteiger partial charge in [-0.25, -0.2) is 4.98 Å². The van der Waals surface area contributed by atoms with Gasteiger partial charge in [-0.05, 0) is 6.07 Å². The highest BCUT2D eigenvalue weighted by molar-refractivity contribution is 5.53. The Morgan fingerprint density at radius 1 is 1.31 bits per heavy atom. The summed E-state index contributed by atoms with van der Waals surface area (Å²) in [4.78, 5) is 6.50. The Morgan fingerprint density at radius 2 is 2.00 bits per heavy atom. The second-order valence-corrected chi connectivity index (χ2v) is 3.25. The van der Waals surface area contributed by atoms with Crippen molar-refractivity contribution in [1.82, 2.24) is 4.98 Å².